The fraction of sp³-hybridized carbons (Fsp3) is 0.909. The first-order valence-electron chi connectivity index (χ1n) is 5.63. The third-order valence-electron chi connectivity index (χ3n) is 3.33. The van der Waals surface area contributed by atoms with Crippen molar-refractivity contribution in [2.24, 2.45) is 11.7 Å². The number of hydrogen-bond donors (Lipinski definition) is 2. The smallest absolute Gasteiger partial charge is 0.220 e. The van der Waals surface area contributed by atoms with Crippen LogP contribution in [0.15, 0.2) is 0 Å². The average molecular weight is 198 g/mol. The molecule has 0 aromatic carbocycles. The summed E-state index contributed by atoms with van der Waals surface area (Å²) in [7, 11) is 0. The van der Waals surface area contributed by atoms with Gasteiger partial charge in [0.15, 0.2) is 0 Å². The molecule has 0 bridgehead atoms. The van der Waals surface area contributed by atoms with Gasteiger partial charge in [0.05, 0.1) is 0 Å². The van der Waals surface area contributed by atoms with E-state index in [2.05, 4.69) is 12.2 Å². The Kier molecular flexibility index (Phi) is 3.93. The van der Waals surface area contributed by atoms with Crippen LogP contribution < -0.4 is 11.1 Å². The minimum atomic E-state index is 0.130. The van der Waals surface area contributed by atoms with Crippen molar-refractivity contribution >= 4 is 5.91 Å². The molecule has 1 fully saturated rings. The molecule has 1 amide bonds. The van der Waals surface area contributed by atoms with Crippen molar-refractivity contribution in [2.75, 3.05) is 6.54 Å². The van der Waals surface area contributed by atoms with Crippen molar-refractivity contribution in [1.82, 2.24) is 5.32 Å². The van der Waals surface area contributed by atoms with Crippen molar-refractivity contribution in [1.29, 1.82) is 0 Å². The molecule has 0 aromatic rings. The maximum absolute atomic E-state index is 11.6. The van der Waals surface area contributed by atoms with Crippen molar-refractivity contribution in [3.8, 4) is 0 Å². The summed E-state index contributed by atoms with van der Waals surface area (Å²) < 4.78 is 0. The molecular weight excluding hydrogens is 176 g/mol. The summed E-state index contributed by atoms with van der Waals surface area (Å²) in [5, 5.41) is 3.15. The Bertz CT molecular complexity index is 194. The van der Waals surface area contributed by atoms with Crippen LogP contribution >= 0.6 is 0 Å². The summed E-state index contributed by atoms with van der Waals surface area (Å²) in [6, 6.07) is 0. The summed E-state index contributed by atoms with van der Waals surface area (Å²) >= 11 is 0. The zero-order valence-electron chi connectivity index (χ0n) is 9.31. The van der Waals surface area contributed by atoms with Crippen LogP contribution in [-0.2, 0) is 4.79 Å². The quantitative estimate of drug-likeness (QED) is 0.702. The molecule has 0 spiro atoms. The fourth-order valence-corrected chi connectivity index (χ4v) is 1.92. The van der Waals surface area contributed by atoms with E-state index >= 15 is 0 Å². The zero-order valence-corrected chi connectivity index (χ0v) is 9.31. The molecule has 0 aromatic heterocycles. The lowest BCUT2D eigenvalue weighted by atomic mass is 9.74. The van der Waals surface area contributed by atoms with Crippen LogP contribution in [0.3, 0.4) is 0 Å². The summed E-state index contributed by atoms with van der Waals surface area (Å²) in [5.41, 5.74) is 5.61. The van der Waals surface area contributed by atoms with Gasteiger partial charge < -0.3 is 11.1 Å². The highest BCUT2D eigenvalue weighted by Gasteiger charge is 2.36. The minimum Gasteiger partial charge on any atom is -0.351 e. The van der Waals surface area contributed by atoms with Gasteiger partial charge in [-0.3, -0.25) is 4.79 Å². The van der Waals surface area contributed by atoms with E-state index in [0.717, 1.165) is 19.3 Å². The Balaban J connectivity index is 2.32. The highest BCUT2D eigenvalue weighted by molar-refractivity contribution is 5.77. The number of nitrogens with one attached hydrogen (secondary N) is 1. The molecule has 3 nitrogen and oxygen atoms in total. The van der Waals surface area contributed by atoms with Crippen LogP contribution in [0, 0.1) is 5.92 Å². The Morgan fingerprint density at radius 1 is 1.57 bits per heavy atom. The first kappa shape index (κ1) is 11.5. The topological polar surface area (TPSA) is 55.1 Å². The molecule has 0 radical (unpaired) electrons. The highest BCUT2D eigenvalue weighted by atomic mass is 16.1. The van der Waals surface area contributed by atoms with Crippen molar-refractivity contribution in [2.45, 2.75) is 51.5 Å². The summed E-state index contributed by atoms with van der Waals surface area (Å²) in [6.07, 6.45) is 5.16. The van der Waals surface area contributed by atoms with Gasteiger partial charge in [0.1, 0.15) is 0 Å². The van der Waals surface area contributed by atoms with Gasteiger partial charge in [-0.1, -0.05) is 13.8 Å². The zero-order chi connectivity index (χ0) is 10.6. The number of amides is 1. The molecule has 1 unspecified atom stereocenters. The van der Waals surface area contributed by atoms with Gasteiger partial charge in [-0.2, -0.15) is 0 Å². The average Bonchev–Trinajstić information content (AvgIpc) is 2.11. The Morgan fingerprint density at radius 2 is 2.21 bits per heavy atom. The fourth-order valence-electron chi connectivity index (χ4n) is 1.92. The maximum Gasteiger partial charge on any atom is 0.220 e. The first-order chi connectivity index (χ1) is 6.62. The second-order valence-corrected chi connectivity index (χ2v) is 4.58. The van der Waals surface area contributed by atoms with E-state index in [1.54, 1.807) is 0 Å². The van der Waals surface area contributed by atoms with E-state index in [1.165, 1.54) is 6.42 Å². The molecule has 0 aliphatic heterocycles. The molecule has 3 N–H and O–H groups in total. The van der Waals surface area contributed by atoms with Gasteiger partial charge in [-0.05, 0) is 38.1 Å². The largest absolute Gasteiger partial charge is 0.351 e. The van der Waals surface area contributed by atoms with Gasteiger partial charge in [0.25, 0.3) is 0 Å². The van der Waals surface area contributed by atoms with Gasteiger partial charge in [0.2, 0.25) is 5.91 Å². The second-order valence-electron chi connectivity index (χ2n) is 4.58. The normalized spacial score (nSPS) is 21.1. The maximum atomic E-state index is 11.6. The molecule has 1 atom stereocenters. The van der Waals surface area contributed by atoms with Gasteiger partial charge in [-0.15, -0.1) is 0 Å². The molecular formula is C11H22N2O. The monoisotopic (exact) mass is 198 g/mol. The third-order valence-corrected chi connectivity index (χ3v) is 3.33. The molecule has 0 saturated heterocycles. The molecule has 1 rings (SSSR count). The van der Waals surface area contributed by atoms with E-state index in [1.807, 2.05) is 6.92 Å². The van der Waals surface area contributed by atoms with Gasteiger partial charge in [0, 0.05) is 12.0 Å². The number of rotatable bonds is 5. The molecule has 1 saturated carbocycles. The predicted molar refractivity (Wildman–Crippen MR) is 57.9 cm³/mol. The summed E-state index contributed by atoms with van der Waals surface area (Å²) in [6.45, 7) is 4.75. The third kappa shape index (κ3) is 2.71. The van der Waals surface area contributed by atoms with Crippen LogP contribution in [0.5, 0.6) is 0 Å². The van der Waals surface area contributed by atoms with Crippen molar-refractivity contribution in [3.63, 3.8) is 0 Å². The minimum absolute atomic E-state index is 0.130. The predicted octanol–water partition coefficient (Wildman–Crippen LogP) is 1.42. The Morgan fingerprint density at radius 3 is 2.57 bits per heavy atom. The van der Waals surface area contributed by atoms with Gasteiger partial charge in [-0.25, -0.2) is 0 Å². The van der Waals surface area contributed by atoms with Crippen LogP contribution in [-0.4, -0.2) is 18.0 Å². The van der Waals surface area contributed by atoms with E-state index in [0.29, 0.717) is 18.9 Å². The molecule has 82 valence electrons. The summed E-state index contributed by atoms with van der Waals surface area (Å²) in [5.74, 6) is 0.466. The number of hydrogen-bond acceptors (Lipinski definition) is 2. The summed E-state index contributed by atoms with van der Waals surface area (Å²) in [4.78, 5) is 11.6. The van der Waals surface area contributed by atoms with E-state index in [-0.39, 0.29) is 11.4 Å². The molecule has 0 heterocycles. The van der Waals surface area contributed by atoms with E-state index < -0.39 is 0 Å². The highest BCUT2D eigenvalue weighted by Crippen LogP contribution is 2.34. The van der Waals surface area contributed by atoms with Crippen LogP contribution in [0.25, 0.3) is 0 Å². The standard InChI is InChI=1S/C11H22N2O/c1-3-11(5-4-6-11)13-10(14)7-9(2)8-12/h9H,3-8,12H2,1-2H3,(H,13,14). The molecule has 14 heavy (non-hydrogen) atoms. The molecule has 1 aliphatic rings. The lowest BCUT2D eigenvalue weighted by Crippen LogP contribution is -2.53. The SMILES string of the molecule is CCC1(NC(=O)CC(C)CN)CCC1. The van der Waals surface area contributed by atoms with Crippen molar-refractivity contribution in [3.05, 3.63) is 0 Å². The van der Waals surface area contributed by atoms with Crippen LogP contribution in [0.1, 0.15) is 46.0 Å². The lowest BCUT2D eigenvalue weighted by molar-refractivity contribution is -0.125. The number of carbonyl (C=O) groups excluding carboxylic acids is 1. The first-order valence-corrected chi connectivity index (χ1v) is 5.63. The van der Waals surface area contributed by atoms with E-state index in [9.17, 15) is 4.79 Å². The van der Waals surface area contributed by atoms with Crippen molar-refractivity contribution < 1.29 is 4.79 Å². The Labute approximate surface area is 86.4 Å². The van der Waals surface area contributed by atoms with E-state index in [4.69, 9.17) is 5.73 Å². The second kappa shape index (κ2) is 4.78. The van der Waals surface area contributed by atoms with Crippen LogP contribution in [0.2, 0.25) is 0 Å². The van der Waals surface area contributed by atoms with Gasteiger partial charge >= 0.3 is 0 Å². The molecule has 3 heteroatoms. The number of nitrogens with two attached hydrogens (primary N) is 1. The van der Waals surface area contributed by atoms with Crippen LogP contribution in [0.4, 0.5) is 0 Å². The Hall–Kier alpha value is -0.570. The number of carbonyl (C=O) groups is 1. The lowest BCUT2D eigenvalue weighted by Gasteiger charge is -2.42. The molecule has 1 aliphatic carbocycles.